The van der Waals surface area contributed by atoms with E-state index in [0.29, 0.717) is 0 Å². The Labute approximate surface area is 88.5 Å². The Bertz CT molecular complexity index is 295. The van der Waals surface area contributed by atoms with Crippen molar-refractivity contribution in [3.8, 4) is 0 Å². The average molecular weight is 251 g/mol. The van der Waals surface area contributed by atoms with Crippen molar-refractivity contribution >= 4 is 4.21 Å². The molecule has 0 aliphatic heterocycles. The molecule has 1 heteroatoms. The van der Waals surface area contributed by atoms with E-state index in [0.717, 1.165) is 0 Å². The Morgan fingerprint density at radius 2 is 1.46 bits per heavy atom. The van der Waals surface area contributed by atoms with E-state index in [1.54, 1.807) is 6.56 Å². The van der Waals surface area contributed by atoms with E-state index in [2.05, 4.69) is 40.7 Å². The van der Waals surface area contributed by atoms with E-state index < -0.39 is 21.3 Å². The summed E-state index contributed by atoms with van der Waals surface area (Å²) >= 11 is -1.52. The van der Waals surface area contributed by atoms with Gasteiger partial charge in [0.25, 0.3) is 0 Å². The molecule has 0 amide bonds. The Balaban J connectivity index is 0.000000845. The predicted octanol–water partition coefficient (Wildman–Crippen LogP) is 3.36. The number of allylic oxidation sites excluding steroid dienone is 8. The first-order valence-electron chi connectivity index (χ1n) is 4.29. The molecule has 0 spiro atoms. The summed E-state index contributed by atoms with van der Waals surface area (Å²) in [6.07, 6.45) is 15.7. The van der Waals surface area contributed by atoms with Crippen LogP contribution in [0.2, 0.25) is 0 Å². The van der Waals surface area contributed by atoms with E-state index in [-0.39, 0.29) is 7.43 Å². The Morgan fingerprint density at radius 1 is 1.00 bits per heavy atom. The summed E-state index contributed by atoms with van der Waals surface area (Å²) in [6, 6.07) is 0. The molecule has 13 heavy (non-hydrogen) atoms. The Morgan fingerprint density at radius 3 is 1.77 bits per heavy atom. The van der Waals surface area contributed by atoms with Gasteiger partial charge in [-0.1, -0.05) is 7.43 Å². The van der Waals surface area contributed by atoms with Crippen LogP contribution < -0.4 is 0 Å². The van der Waals surface area contributed by atoms with Crippen LogP contribution in [0.1, 0.15) is 20.3 Å². The van der Waals surface area contributed by atoms with Gasteiger partial charge in [-0.3, -0.25) is 0 Å². The number of rotatable bonds is 2. The van der Waals surface area contributed by atoms with E-state index in [9.17, 15) is 0 Å². The van der Waals surface area contributed by atoms with Gasteiger partial charge in [-0.25, -0.2) is 0 Å². The van der Waals surface area contributed by atoms with Gasteiger partial charge in [0.2, 0.25) is 0 Å². The van der Waals surface area contributed by atoms with Crippen LogP contribution in [0, 0.1) is 0 Å². The zero-order chi connectivity index (χ0) is 8.39. The van der Waals surface area contributed by atoms with Gasteiger partial charge in [0.1, 0.15) is 0 Å². The molecule has 2 aliphatic rings. The van der Waals surface area contributed by atoms with Gasteiger partial charge in [-0.2, -0.15) is 0 Å². The van der Waals surface area contributed by atoms with Crippen molar-refractivity contribution in [2.24, 2.45) is 0 Å². The molecule has 0 nitrogen and oxygen atoms in total. The number of hydrogen-bond acceptors (Lipinski definition) is 0. The third-order valence-corrected chi connectivity index (χ3v) is 7.95. The summed E-state index contributed by atoms with van der Waals surface area (Å²) in [5.74, 6) is 0. The van der Waals surface area contributed by atoms with Gasteiger partial charge in [0, 0.05) is 0 Å². The van der Waals surface area contributed by atoms with Crippen molar-refractivity contribution < 1.29 is 21.3 Å². The van der Waals surface area contributed by atoms with E-state index in [1.807, 2.05) is 0 Å². The summed E-state index contributed by atoms with van der Waals surface area (Å²) in [6.45, 7) is 0. The van der Waals surface area contributed by atoms with Crippen molar-refractivity contribution in [2.75, 3.05) is 0 Å². The monoisotopic (exact) mass is 250 g/mol. The van der Waals surface area contributed by atoms with E-state index in [1.165, 1.54) is 12.8 Å². The minimum atomic E-state index is -1.52. The van der Waals surface area contributed by atoms with Crippen molar-refractivity contribution in [2.45, 2.75) is 20.3 Å². The third kappa shape index (κ3) is 2.34. The zero-order valence-electron chi connectivity index (χ0n) is 7.09. The van der Waals surface area contributed by atoms with Crippen LogP contribution >= 0.6 is 0 Å². The molecule has 0 bridgehead atoms. The van der Waals surface area contributed by atoms with Crippen molar-refractivity contribution in [3.05, 3.63) is 43.0 Å². The normalized spacial score (nSPS) is 18.2. The van der Waals surface area contributed by atoms with E-state index in [4.69, 9.17) is 0 Å². The molecule has 0 fully saturated rings. The first kappa shape index (κ1) is 10.8. The topological polar surface area (TPSA) is 0 Å². The number of hydrogen-bond donors (Lipinski definition) is 0. The molecular formula is C12H16Zr. The molecule has 0 atom stereocenters. The van der Waals surface area contributed by atoms with Gasteiger partial charge in [0.05, 0.1) is 0 Å². The predicted molar refractivity (Wildman–Crippen MR) is 57.5 cm³/mol. The SMILES string of the molecule is C.[CH2]=[Zr]([C]1=CC=CC1)[C]1=CC=CC1. The zero-order valence-corrected chi connectivity index (χ0v) is 9.54. The van der Waals surface area contributed by atoms with Crippen LogP contribution in [0.25, 0.3) is 0 Å². The Kier molecular flexibility index (Phi) is 4.00. The maximum absolute atomic E-state index is 4.38. The summed E-state index contributed by atoms with van der Waals surface area (Å²) in [5, 5.41) is 0. The van der Waals surface area contributed by atoms with Gasteiger partial charge in [0.15, 0.2) is 0 Å². The molecule has 0 radical (unpaired) electrons. The molecule has 0 saturated carbocycles. The first-order valence-corrected chi connectivity index (χ1v) is 8.48. The van der Waals surface area contributed by atoms with Crippen LogP contribution in [-0.2, 0) is 21.3 Å². The molecule has 2 aliphatic carbocycles. The molecule has 0 saturated heterocycles. The Hall–Kier alpha value is -0.287. The van der Waals surface area contributed by atoms with E-state index >= 15 is 0 Å². The molecular weight excluding hydrogens is 235 g/mol. The summed E-state index contributed by atoms with van der Waals surface area (Å²) in [7, 11) is 0. The van der Waals surface area contributed by atoms with Crippen LogP contribution in [0.15, 0.2) is 43.0 Å². The summed E-state index contributed by atoms with van der Waals surface area (Å²) in [5.41, 5.74) is 0. The summed E-state index contributed by atoms with van der Waals surface area (Å²) in [4.78, 5) is 0. The van der Waals surface area contributed by atoms with Crippen LogP contribution in [0.5, 0.6) is 0 Å². The second-order valence-corrected chi connectivity index (χ2v) is 8.64. The van der Waals surface area contributed by atoms with Crippen LogP contribution in [0.4, 0.5) is 0 Å². The maximum atomic E-state index is 4.38. The third-order valence-electron chi connectivity index (χ3n) is 2.32. The molecule has 0 aromatic heterocycles. The molecule has 0 unspecified atom stereocenters. The first-order chi connectivity index (χ1) is 5.88. The standard InChI is InChI=1S/2C5H5.CH4.CH2.Zr/c2*1-2-4-5-3-1;;;/h2*1-3H,4H2;1H4;1H2;. The summed E-state index contributed by atoms with van der Waals surface area (Å²) < 4.78 is 7.67. The second kappa shape index (κ2) is 4.81. The molecule has 0 aromatic rings. The van der Waals surface area contributed by atoms with Gasteiger partial charge < -0.3 is 0 Å². The van der Waals surface area contributed by atoms with Crippen molar-refractivity contribution in [1.29, 1.82) is 0 Å². The fourth-order valence-electron chi connectivity index (χ4n) is 1.55. The van der Waals surface area contributed by atoms with Gasteiger partial charge in [-0.15, -0.1) is 0 Å². The molecule has 0 N–H and O–H groups in total. The molecule has 0 aromatic carbocycles. The second-order valence-electron chi connectivity index (χ2n) is 3.13. The van der Waals surface area contributed by atoms with Crippen molar-refractivity contribution in [1.82, 2.24) is 0 Å². The fourth-order valence-corrected chi connectivity index (χ4v) is 5.81. The average Bonchev–Trinajstić information content (AvgIpc) is 2.77. The molecule has 68 valence electrons. The van der Waals surface area contributed by atoms with Gasteiger partial charge >= 0.3 is 81.3 Å². The quantitative estimate of drug-likeness (QED) is 0.706. The minimum absolute atomic E-state index is 0. The van der Waals surface area contributed by atoms with Crippen LogP contribution in [0.3, 0.4) is 0 Å². The molecule has 2 rings (SSSR count). The molecule has 0 heterocycles. The fraction of sp³-hybridized carbons (Fsp3) is 0.250. The van der Waals surface area contributed by atoms with Gasteiger partial charge in [-0.05, 0) is 0 Å². The van der Waals surface area contributed by atoms with Crippen molar-refractivity contribution in [3.63, 3.8) is 0 Å². The van der Waals surface area contributed by atoms with Crippen LogP contribution in [-0.4, -0.2) is 4.21 Å².